The van der Waals surface area contributed by atoms with Crippen molar-refractivity contribution in [2.45, 2.75) is 62.7 Å². The zero-order valence-electron chi connectivity index (χ0n) is 26.5. The number of hydrogen-bond donors (Lipinski definition) is 2. The Bertz CT molecular complexity index is 2160. The van der Waals surface area contributed by atoms with Crippen LogP contribution in [-0.2, 0) is 34.1 Å². The quantitative estimate of drug-likeness (QED) is 0.306. The molecule has 4 aromatic rings. The van der Waals surface area contributed by atoms with Crippen LogP contribution in [0, 0.1) is 5.92 Å². The van der Waals surface area contributed by atoms with Crippen LogP contribution in [0.3, 0.4) is 0 Å². The van der Waals surface area contributed by atoms with Gasteiger partial charge in [0, 0.05) is 35.5 Å². The second kappa shape index (κ2) is 11.9. The summed E-state index contributed by atoms with van der Waals surface area (Å²) in [5.41, 5.74) is 0.141. The van der Waals surface area contributed by atoms with E-state index in [9.17, 15) is 32.7 Å². The number of anilines is 1. The van der Waals surface area contributed by atoms with Gasteiger partial charge in [0.2, 0.25) is 11.7 Å². The molecule has 1 saturated carbocycles. The second-order valence-electron chi connectivity index (χ2n) is 13.2. The number of aromatic hydroxyl groups is 1. The molecule has 3 aromatic heterocycles. The summed E-state index contributed by atoms with van der Waals surface area (Å²) in [6.45, 7) is 0.877. The van der Waals surface area contributed by atoms with Crippen molar-refractivity contribution in [2.75, 3.05) is 25.1 Å². The number of carbonyl (C=O) groups excluding carboxylic acids is 2. The SMILES string of the molecule is O=C(Cn1c2c(c(=O)n3nc(C4=CCOCC4)nc13)C1(CC2)CCN(C(=O)c2ncccc2O)C2CCC21)Nc1ccc(C(F)(F)F)cc1Cl. The van der Waals surface area contributed by atoms with Crippen LogP contribution in [0.5, 0.6) is 5.75 Å². The van der Waals surface area contributed by atoms with Crippen LogP contribution in [0.15, 0.2) is 47.4 Å². The van der Waals surface area contributed by atoms with Gasteiger partial charge < -0.3 is 24.6 Å². The highest BCUT2D eigenvalue weighted by Gasteiger charge is 2.58. The maximum absolute atomic E-state index is 14.5. The highest BCUT2D eigenvalue weighted by atomic mass is 35.5. The molecule has 2 amide bonds. The van der Waals surface area contributed by atoms with Gasteiger partial charge in [0.05, 0.1) is 29.5 Å². The molecule has 4 aliphatic rings. The van der Waals surface area contributed by atoms with Crippen molar-refractivity contribution in [1.29, 1.82) is 0 Å². The van der Waals surface area contributed by atoms with Crippen molar-refractivity contribution >= 4 is 40.5 Å². The van der Waals surface area contributed by atoms with Crippen LogP contribution in [0.1, 0.15) is 65.2 Å². The minimum Gasteiger partial charge on any atom is -0.505 e. The summed E-state index contributed by atoms with van der Waals surface area (Å²) in [4.78, 5) is 52.2. The summed E-state index contributed by atoms with van der Waals surface area (Å²) in [5.74, 6) is -0.657. The maximum atomic E-state index is 14.5. The average Bonchev–Trinajstić information content (AvgIpc) is 3.68. The lowest BCUT2D eigenvalue weighted by molar-refractivity contribution is -0.137. The van der Waals surface area contributed by atoms with Crippen LogP contribution in [0.25, 0.3) is 11.4 Å². The standard InChI is InChI=1S/C34H31ClF3N7O5/c35-21-16-19(34(36,37)38)3-5-22(21)40-26(47)17-44-24-7-10-33(27(24)30(48)45-32(44)41-29(42-45)18-8-14-50-15-9-18)11-13-43(23-6-4-20(23)33)31(49)28-25(46)2-1-12-39-28/h1-3,5,8,12,16,20,23,46H,4,6-7,9-11,13-15,17H2,(H,40,47). The molecule has 1 saturated heterocycles. The highest BCUT2D eigenvalue weighted by Crippen LogP contribution is 2.56. The topological polar surface area (TPSA) is 144 Å². The van der Waals surface area contributed by atoms with E-state index in [1.165, 1.54) is 16.8 Å². The average molecular weight is 710 g/mol. The molecular weight excluding hydrogens is 679 g/mol. The molecule has 50 heavy (non-hydrogen) atoms. The molecule has 0 bridgehead atoms. The molecular formula is C34H31ClF3N7O5. The van der Waals surface area contributed by atoms with E-state index >= 15 is 0 Å². The first-order chi connectivity index (χ1) is 24.0. The molecule has 3 unspecified atom stereocenters. The second-order valence-corrected chi connectivity index (χ2v) is 13.6. The number of nitrogens with zero attached hydrogens (tertiary/aromatic N) is 6. The number of carbonyl (C=O) groups is 2. The first kappa shape index (κ1) is 32.4. The number of nitrogens with one attached hydrogen (secondary N) is 1. The van der Waals surface area contributed by atoms with Crippen molar-refractivity contribution in [1.82, 2.24) is 29.0 Å². The fraction of sp³-hybridized carbons (Fsp3) is 0.412. The van der Waals surface area contributed by atoms with Crippen molar-refractivity contribution in [2.24, 2.45) is 5.92 Å². The summed E-state index contributed by atoms with van der Waals surface area (Å²) in [5, 5.41) is 17.3. The van der Waals surface area contributed by atoms with Crippen LogP contribution in [0.2, 0.25) is 5.02 Å². The molecule has 12 nitrogen and oxygen atoms in total. The minimum atomic E-state index is -4.60. The smallest absolute Gasteiger partial charge is 0.416 e. The van der Waals surface area contributed by atoms with Gasteiger partial charge in [-0.15, -0.1) is 5.10 Å². The summed E-state index contributed by atoms with van der Waals surface area (Å²) in [7, 11) is 0. The van der Waals surface area contributed by atoms with Gasteiger partial charge in [0.1, 0.15) is 12.3 Å². The lowest BCUT2D eigenvalue weighted by Crippen LogP contribution is -2.63. The molecule has 2 aliphatic carbocycles. The van der Waals surface area contributed by atoms with Gasteiger partial charge in [0.25, 0.3) is 11.5 Å². The fourth-order valence-electron chi connectivity index (χ4n) is 8.23. The molecule has 0 radical (unpaired) electrons. The third-order valence-corrected chi connectivity index (χ3v) is 11.0. The van der Waals surface area contributed by atoms with E-state index in [0.717, 1.165) is 36.6 Å². The Morgan fingerprint density at radius 3 is 2.70 bits per heavy atom. The molecule has 1 aromatic carbocycles. The number of piperidine rings is 1. The zero-order valence-corrected chi connectivity index (χ0v) is 27.3. The van der Waals surface area contributed by atoms with E-state index in [1.807, 2.05) is 6.08 Å². The Labute approximate surface area is 287 Å². The Kier molecular flexibility index (Phi) is 7.75. The number of likely N-dealkylation sites (tertiary alicyclic amines) is 1. The Morgan fingerprint density at radius 1 is 1.16 bits per heavy atom. The van der Waals surface area contributed by atoms with Crippen molar-refractivity contribution in [3.63, 3.8) is 0 Å². The third-order valence-electron chi connectivity index (χ3n) is 10.7. The summed E-state index contributed by atoms with van der Waals surface area (Å²) >= 11 is 6.15. The number of alkyl halides is 3. The number of benzene rings is 1. The lowest BCUT2D eigenvalue weighted by Gasteiger charge is -2.57. The van der Waals surface area contributed by atoms with Gasteiger partial charge in [0.15, 0.2) is 11.5 Å². The number of pyridine rings is 1. The van der Waals surface area contributed by atoms with Gasteiger partial charge in [-0.05, 0) is 80.3 Å². The number of halogens is 4. The molecule has 8 rings (SSSR count). The number of hydrogen-bond acceptors (Lipinski definition) is 8. The lowest BCUT2D eigenvalue weighted by atomic mass is 9.56. The third kappa shape index (κ3) is 5.16. The summed E-state index contributed by atoms with van der Waals surface area (Å²) in [6, 6.07) is 5.51. The largest absolute Gasteiger partial charge is 0.505 e. The van der Waals surface area contributed by atoms with E-state index in [1.54, 1.807) is 15.5 Å². The Hall–Kier alpha value is -4.76. The van der Waals surface area contributed by atoms with Gasteiger partial charge in [-0.1, -0.05) is 17.7 Å². The number of rotatable bonds is 5. The summed E-state index contributed by atoms with van der Waals surface area (Å²) in [6.07, 6.45) is 2.34. The van der Waals surface area contributed by atoms with Crippen LogP contribution >= 0.6 is 11.6 Å². The van der Waals surface area contributed by atoms with Crippen molar-refractivity contribution < 1.29 is 32.6 Å². The van der Waals surface area contributed by atoms with Gasteiger partial charge in [-0.3, -0.25) is 14.4 Å². The molecule has 2 aliphatic heterocycles. The maximum Gasteiger partial charge on any atom is 0.416 e. The van der Waals surface area contributed by atoms with Gasteiger partial charge in [-0.25, -0.2) is 4.98 Å². The number of ether oxygens (including phenoxy) is 1. The number of amides is 2. The minimum absolute atomic E-state index is 0.0117. The predicted octanol–water partition coefficient (Wildman–Crippen LogP) is 4.61. The van der Waals surface area contributed by atoms with E-state index in [4.69, 9.17) is 21.3 Å². The van der Waals surface area contributed by atoms with Crippen molar-refractivity contribution in [3.8, 4) is 5.75 Å². The van der Waals surface area contributed by atoms with Crippen molar-refractivity contribution in [3.05, 3.63) is 86.3 Å². The first-order valence-electron chi connectivity index (χ1n) is 16.4. The number of fused-ring (bicyclic) bond motifs is 5. The van der Waals surface area contributed by atoms with Crippen LogP contribution in [0.4, 0.5) is 18.9 Å². The molecule has 5 heterocycles. The molecule has 1 spiro atoms. The molecule has 16 heteroatoms. The van der Waals surface area contributed by atoms with E-state index in [0.29, 0.717) is 62.5 Å². The molecule has 3 atom stereocenters. The van der Waals surface area contributed by atoms with Crippen LogP contribution in [-0.4, -0.2) is 71.8 Å². The molecule has 2 N–H and O–H groups in total. The number of aromatic nitrogens is 5. The van der Waals surface area contributed by atoms with E-state index in [-0.39, 0.29) is 57.9 Å². The highest BCUT2D eigenvalue weighted by molar-refractivity contribution is 6.33. The first-order valence-corrected chi connectivity index (χ1v) is 16.8. The van der Waals surface area contributed by atoms with E-state index in [2.05, 4.69) is 15.4 Å². The van der Waals surface area contributed by atoms with Crippen LogP contribution < -0.4 is 10.9 Å². The normalized spacial score (nSPS) is 23.0. The zero-order chi connectivity index (χ0) is 34.9. The summed E-state index contributed by atoms with van der Waals surface area (Å²) < 4.78 is 48.0. The van der Waals surface area contributed by atoms with E-state index < -0.39 is 23.1 Å². The van der Waals surface area contributed by atoms with Gasteiger partial charge in [-0.2, -0.15) is 22.7 Å². The molecule has 260 valence electrons. The fourth-order valence-corrected chi connectivity index (χ4v) is 8.45. The predicted molar refractivity (Wildman–Crippen MR) is 174 cm³/mol. The molecule has 2 fully saturated rings. The Balaban J connectivity index is 1.18. The van der Waals surface area contributed by atoms with Gasteiger partial charge >= 0.3 is 6.18 Å². The monoisotopic (exact) mass is 709 g/mol. The Morgan fingerprint density at radius 2 is 2.00 bits per heavy atom.